The van der Waals surface area contributed by atoms with Crippen molar-refractivity contribution in [3.05, 3.63) is 52.9 Å². The minimum absolute atomic E-state index is 0.00345. The second-order valence-electron chi connectivity index (χ2n) is 3.34. The number of carboxylic acid groups (broad SMARTS) is 1. The van der Waals surface area contributed by atoms with Gasteiger partial charge in [0.2, 0.25) is 0 Å². The molecule has 0 fully saturated rings. The van der Waals surface area contributed by atoms with Crippen molar-refractivity contribution in [2.45, 2.75) is 9.92 Å². The molecule has 92 valence electrons. The van der Waals surface area contributed by atoms with Crippen LogP contribution in [0.2, 0.25) is 5.02 Å². The Labute approximate surface area is 112 Å². The van der Waals surface area contributed by atoms with E-state index >= 15 is 0 Å². The summed E-state index contributed by atoms with van der Waals surface area (Å²) < 4.78 is 12.7. The molecule has 3 nitrogen and oxygen atoms in total. The van der Waals surface area contributed by atoms with Crippen LogP contribution in [-0.4, -0.2) is 16.1 Å². The van der Waals surface area contributed by atoms with E-state index in [1.54, 1.807) is 12.1 Å². The van der Waals surface area contributed by atoms with Gasteiger partial charge >= 0.3 is 5.97 Å². The van der Waals surface area contributed by atoms with Crippen molar-refractivity contribution >= 4 is 29.3 Å². The van der Waals surface area contributed by atoms with Crippen molar-refractivity contribution in [3.63, 3.8) is 0 Å². The number of carbonyl (C=O) groups is 1. The molecule has 0 unspecified atom stereocenters. The Balaban J connectivity index is 2.32. The maximum absolute atomic E-state index is 12.7. The summed E-state index contributed by atoms with van der Waals surface area (Å²) in [7, 11) is 0. The fraction of sp³-hybridized carbons (Fsp3) is 0. The molecule has 1 heterocycles. The van der Waals surface area contributed by atoms with Gasteiger partial charge in [0.05, 0.1) is 10.6 Å². The highest BCUT2D eigenvalue weighted by atomic mass is 35.5. The van der Waals surface area contributed by atoms with E-state index in [0.717, 1.165) is 4.90 Å². The van der Waals surface area contributed by atoms with E-state index < -0.39 is 5.97 Å². The minimum atomic E-state index is -1.11. The van der Waals surface area contributed by atoms with Crippen LogP contribution < -0.4 is 0 Å². The van der Waals surface area contributed by atoms with Gasteiger partial charge in [0, 0.05) is 11.1 Å². The van der Waals surface area contributed by atoms with Crippen molar-refractivity contribution in [1.29, 1.82) is 0 Å². The molecule has 18 heavy (non-hydrogen) atoms. The summed E-state index contributed by atoms with van der Waals surface area (Å²) in [5, 5.41) is 9.38. The number of aromatic carboxylic acids is 1. The molecule has 1 aromatic heterocycles. The Kier molecular flexibility index (Phi) is 3.84. The summed E-state index contributed by atoms with van der Waals surface area (Å²) in [6.07, 6.45) is 1.38. The smallest absolute Gasteiger partial charge is 0.337 e. The lowest BCUT2D eigenvalue weighted by Crippen LogP contribution is -1.99. The molecule has 1 N–H and O–H groups in total. The molecule has 0 amide bonds. The van der Waals surface area contributed by atoms with E-state index in [4.69, 9.17) is 16.7 Å². The van der Waals surface area contributed by atoms with Gasteiger partial charge in [0.1, 0.15) is 10.8 Å². The van der Waals surface area contributed by atoms with Gasteiger partial charge in [0.15, 0.2) is 0 Å². The maximum Gasteiger partial charge on any atom is 0.337 e. The number of halogens is 2. The first kappa shape index (κ1) is 12.9. The van der Waals surface area contributed by atoms with Gasteiger partial charge in [0.25, 0.3) is 0 Å². The Hall–Kier alpha value is -1.59. The van der Waals surface area contributed by atoms with Crippen LogP contribution in [0.3, 0.4) is 0 Å². The van der Waals surface area contributed by atoms with Gasteiger partial charge in [-0.05, 0) is 30.3 Å². The van der Waals surface area contributed by atoms with Crippen LogP contribution >= 0.6 is 23.4 Å². The maximum atomic E-state index is 12.7. The standard InChI is InChI=1S/C12H7ClFNO2S/c13-10-9(12(16)17)5-6-15-11(10)18-8-3-1-7(14)2-4-8/h1-6H,(H,16,17). The van der Waals surface area contributed by atoms with Gasteiger partial charge in [-0.2, -0.15) is 0 Å². The summed E-state index contributed by atoms with van der Waals surface area (Å²) >= 11 is 7.13. The van der Waals surface area contributed by atoms with Crippen molar-refractivity contribution in [3.8, 4) is 0 Å². The lowest BCUT2D eigenvalue weighted by molar-refractivity contribution is 0.0696. The molecular weight excluding hydrogens is 277 g/mol. The van der Waals surface area contributed by atoms with Gasteiger partial charge in [-0.15, -0.1) is 0 Å². The normalized spacial score (nSPS) is 10.3. The Morgan fingerprint density at radius 1 is 1.28 bits per heavy atom. The van der Waals surface area contributed by atoms with Gasteiger partial charge < -0.3 is 5.11 Å². The molecule has 0 radical (unpaired) electrons. The van der Waals surface area contributed by atoms with Crippen LogP contribution in [0.1, 0.15) is 10.4 Å². The van der Waals surface area contributed by atoms with Gasteiger partial charge in [-0.3, -0.25) is 0 Å². The second kappa shape index (κ2) is 5.37. The molecule has 0 bridgehead atoms. The highest BCUT2D eigenvalue weighted by Crippen LogP contribution is 2.33. The predicted octanol–water partition coefficient (Wildman–Crippen LogP) is 3.72. The summed E-state index contributed by atoms with van der Waals surface area (Å²) in [4.78, 5) is 15.6. The van der Waals surface area contributed by atoms with Crippen LogP contribution in [0, 0.1) is 5.82 Å². The molecule has 2 aromatic rings. The van der Waals surface area contributed by atoms with Crippen LogP contribution in [0.5, 0.6) is 0 Å². The van der Waals surface area contributed by atoms with Crippen molar-refractivity contribution in [2.75, 3.05) is 0 Å². The third-order valence-corrected chi connectivity index (χ3v) is 3.62. The number of aromatic nitrogens is 1. The molecule has 0 aliphatic heterocycles. The predicted molar refractivity (Wildman–Crippen MR) is 66.7 cm³/mol. The van der Waals surface area contributed by atoms with Crippen LogP contribution in [0.4, 0.5) is 4.39 Å². The molecule has 0 saturated carbocycles. The zero-order valence-electron chi connectivity index (χ0n) is 8.93. The number of nitrogens with zero attached hydrogens (tertiary/aromatic N) is 1. The molecule has 6 heteroatoms. The quantitative estimate of drug-likeness (QED) is 0.932. The first-order valence-electron chi connectivity index (χ1n) is 4.89. The third kappa shape index (κ3) is 2.80. The molecular formula is C12H7ClFNO2S. The van der Waals surface area contributed by atoms with Gasteiger partial charge in [-0.1, -0.05) is 23.4 Å². The Morgan fingerprint density at radius 3 is 2.56 bits per heavy atom. The lowest BCUT2D eigenvalue weighted by atomic mass is 10.3. The summed E-state index contributed by atoms with van der Waals surface area (Å²) in [6.45, 7) is 0. The summed E-state index contributed by atoms with van der Waals surface area (Å²) in [5.74, 6) is -1.44. The molecule has 0 spiro atoms. The number of rotatable bonds is 3. The largest absolute Gasteiger partial charge is 0.478 e. The van der Waals surface area contributed by atoms with Crippen LogP contribution in [-0.2, 0) is 0 Å². The van der Waals surface area contributed by atoms with E-state index in [1.807, 2.05) is 0 Å². The van der Waals surface area contributed by atoms with E-state index in [1.165, 1.54) is 36.2 Å². The number of hydrogen-bond donors (Lipinski definition) is 1. The number of hydrogen-bond acceptors (Lipinski definition) is 3. The molecule has 2 rings (SSSR count). The van der Waals surface area contributed by atoms with Crippen molar-refractivity contribution in [1.82, 2.24) is 4.98 Å². The fourth-order valence-corrected chi connectivity index (χ4v) is 2.39. The van der Waals surface area contributed by atoms with E-state index in [9.17, 15) is 9.18 Å². The molecule has 1 aromatic carbocycles. The van der Waals surface area contributed by atoms with E-state index in [0.29, 0.717) is 5.03 Å². The average molecular weight is 284 g/mol. The molecule has 0 atom stereocenters. The Bertz CT molecular complexity index is 589. The number of pyridine rings is 1. The number of benzene rings is 1. The SMILES string of the molecule is O=C(O)c1ccnc(Sc2ccc(F)cc2)c1Cl. The highest BCUT2D eigenvalue weighted by molar-refractivity contribution is 7.99. The van der Waals surface area contributed by atoms with Crippen LogP contribution in [0.15, 0.2) is 46.5 Å². The second-order valence-corrected chi connectivity index (χ2v) is 4.78. The summed E-state index contributed by atoms with van der Waals surface area (Å²) in [6, 6.07) is 7.12. The molecule has 0 aliphatic carbocycles. The zero-order valence-corrected chi connectivity index (χ0v) is 10.5. The fourth-order valence-electron chi connectivity index (χ4n) is 1.28. The monoisotopic (exact) mass is 283 g/mol. The molecule has 0 aliphatic rings. The summed E-state index contributed by atoms with van der Waals surface area (Å²) in [5.41, 5.74) is -0.00345. The van der Waals surface area contributed by atoms with Crippen molar-refractivity contribution in [2.24, 2.45) is 0 Å². The lowest BCUT2D eigenvalue weighted by Gasteiger charge is -2.05. The van der Waals surface area contributed by atoms with Gasteiger partial charge in [-0.25, -0.2) is 14.2 Å². The zero-order chi connectivity index (χ0) is 13.1. The average Bonchev–Trinajstić information content (AvgIpc) is 2.34. The number of carboxylic acids is 1. The minimum Gasteiger partial charge on any atom is -0.478 e. The molecule has 0 saturated heterocycles. The topological polar surface area (TPSA) is 50.2 Å². The van der Waals surface area contributed by atoms with Crippen LogP contribution in [0.25, 0.3) is 0 Å². The Morgan fingerprint density at radius 2 is 1.94 bits per heavy atom. The van der Waals surface area contributed by atoms with E-state index in [-0.39, 0.29) is 16.4 Å². The first-order valence-corrected chi connectivity index (χ1v) is 6.08. The van der Waals surface area contributed by atoms with E-state index in [2.05, 4.69) is 4.98 Å². The highest BCUT2D eigenvalue weighted by Gasteiger charge is 2.14. The third-order valence-electron chi connectivity index (χ3n) is 2.12. The van der Waals surface area contributed by atoms with Crippen molar-refractivity contribution < 1.29 is 14.3 Å². The first-order chi connectivity index (χ1) is 8.58.